The van der Waals surface area contributed by atoms with Crippen LogP contribution in [0.1, 0.15) is 31.9 Å². The molecule has 2 aromatic carbocycles. The molecule has 0 spiro atoms. The van der Waals surface area contributed by atoms with Gasteiger partial charge in [-0.25, -0.2) is 4.79 Å². The molecular formula is C23H26N2O5. The Morgan fingerprint density at radius 2 is 1.80 bits per heavy atom. The molecule has 1 aliphatic rings. The van der Waals surface area contributed by atoms with E-state index in [-0.39, 0.29) is 12.5 Å². The topological polar surface area (TPSA) is 84.9 Å². The summed E-state index contributed by atoms with van der Waals surface area (Å²) in [7, 11) is 0. The number of amides is 2. The molecule has 0 radical (unpaired) electrons. The van der Waals surface area contributed by atoms with Gasteiger partial charge in [-0.05, 0) is 63.9 Å². The molecule has 0 aliphatic carbocycles. The number of hydrogen-bond acceptors (Lipinski definition) is 5. The SMILES string of the molecule is Cc1cccc(OCC(=O)O[C@H](C)C(=O)N2c3ccccc3NC(=O)C2(C)C)c1C. The van der Waals surface area contributed by atoms with Gasteiger partial charge in [0.15, 0.2) is 12.7 Å². The quantitative estimate of drug-likeness (QED) is 0.764. The van der Waals surface area contributed by atoms with Crippen LogP contribution in [0.3, 0.4) is 0 Å². The fraction of sp³-hybridized carbons (Fsp3) is 0.348. The molecule has 1 heterocycles. The Bertz CT molecular complexity index is 999. The van der Waals surface area contributed by atoms with E-state index in [0.29, 0.717) is 17.1 Å². The van der Waals surface area contributed by atoms with Crippen molar-refractivity contribution in [2.24, 2.45) is 0 Å². The first kappa shape index (κ1) is 21.4. The highest BCUT2D eigenvalue weighted by Gasteiger charge is 2.45. The normalized spacial score (nSPS) is 15.6. The van der Waals surface area contributed by atoms with E-state index in [1.54, 1.807) is 44.2 Å². The fourth-order valence-corrected chi connectivity index (χ4v) is 3.33. The van der Waals surface area contributed by atoms with E-state index in [0.717, 1.165) is 11.1 Å². The molecule has 30 heavy (non-hydrogen) atoms. The van der Waals surface area contributed by atoms with E-state index < -0.39 is 23.5 Å². The smallest absolute Gasteiger partial charge is 0.344 e. The average Bonchev–Trinajstić information content (AvgIpc) is 2.69. The zero-order valence-corrected chi connectivity index (χ0v) is 17.8. The molecular weight excluding hydrogens is 384 g/mol. The van der Waals surface area contributed by atoms with Crippen LogP contribution in [0.25, 0.3) is 0 Å². The van der Waals surface area contributed by atoms with Gasteiger partial charge in [0.05, 0.1) is 11.4 Å². The largest absolute Gasteiger partial charge is 0.482 e. The van der Waals surface area contributed by atoms with E-state index in [2.05, 4.69) is 5.32 Å². The summed E-state index contributed by atoms with van der Waals surface area (Å²) in [6.07, 6.45) is -1.09. The summed E-state index contributed by atoms with van der Waals surface area (Å²) in [6.45, 7) is 8.33. The maximum absolute atomic E-state index is 13.2. The number of nitrogens with one attached hydrogen (secondary N) is 1. The van der Waals surface area contributed by atoms with E-state index in [4.69, 9.17) is 9.47 Å². The van der Waals surface area contributed by atoms with E-state index in [1.807, 2.05) is 26.0 Å². The molecule has 7 nitrogen and oxygen atoms in total. The molecule has 1 N–H and O–H groups in total. The number of nitrogens with zero attached hydrogens (tertiary/aromatic N) is 1. The fourth-order valence-electron chi connectivity index (χ4n) is 3.33. The van der Waals surface area contributed by atoms with Crippen molar-refractivity contribution >= 4 is 29.2 Å². The molecule has 3 rings (SSSR count). The second-order valence-corrected chi connectivity index (χ2v) is 7.82. The molecule has 0 fully saturated rings. The van der Waals surface area contributed by atoms with Crippen molar-refractivity contribution in [2.45, 2.75) is 46.3 Å². The second kappa shape index (κ2) is 8.18. The van der Waals surface area contributed by atoms with Crippen molar-refractivity contribution in [3.05, 3.63) is 53.6 Å². The number of anilines is 2. The number of para-hydroxylation sites is 2. The minimum Gasteiger partial charge on any atom is -0.482 e. The zero-order valence-electron chi connectivity index (χ0n) is 17.8. The number of rotatable bonds is 5. The Morgan fingerprint density at radius 1 is 1.10 bits per heavy atom. The second-order valence-electron chi connectivity index (χ2n) is 7.82. The van der Waals surface area contributed by atoms with E-state index in [9.17, 15) is 14.4 Å². The van der Waals surface area contributed by atoms with Gasteiger partial charge >= 0.3 is 5.97 Å². The average molecular weight is 410 g/mol. The van der Waals surface area contributed by atoms with Crippen LogP contribution >= 0.6 is 0 Å². The van der Waals surface area contributed by atoms with Gasteiger partial charge < -0.3 is 14.8 Å². The minimum absolute atomic E-state index is 0.314. The predicted octanol–water partition coefficient (Wildman–Crippen LogP) is 3.38. The van der Waals surface area contributed by atoms with Crippen LogP contribution in [0.4, 0.5) is 11.4 Å². The first-order valence-corrected chi connectivity index (χ1v) is 9.76. The number of fused-ring (bicyclic) bond motifs is 1. The van der Waals surface area contributed by atoms with Crippen molar-refractivity contribution in [1.82, 2.24) is 0 Å². The van der Waals surface area contributed by atoms with Crippen LogP contribution in [0.2, 0.25) is 0 Å². The lowest BCUT2D eigenvalue weighted by Gasteiger charge is -2.42. The van der Waals surface area contributed by atoms with Gasteiger partial charge in [0, 0.05) is 0 Å². The Kier molecular flexibility index (Phi) is 5.82. The molecule has 0 saturated carbocycles. The van der Waals surface area contributed by atoms with Crippen molar-refractivity contribution in [2.75, 3.05) is 16.8 Å². The maximum Gasteiger partial charge on any atom is 0.344 e. The highest BCUT2D eigenvalue weighted by Crippen LogP contribution is 2.37. The number of carbonyl (C=O) groups excluding carboxylic acids is 3. The van der Waals surface area contributed by atoms with Gasteiger partial charge in [0.2, 0.25) is 5.91 Å². The number of hydrogen-bond donors (Lipinski definition) is 1. The molecule has 1 aliphatic heterocycles. The van der Waals surface area contributed by atoms with Gasteiger partial charge in [-0.2, -0.15) is 0 Å². The maximum atomic E-state index is 13.2. The zero-order chi connectivity index (χ0) is 22.1. The van der Waals surface area contributed by atoms with Gasteiger partial charge in [-0.1, -0.05) is 24.3 Å². The number of esters is 1. The van der Waals surface area contributed by atoms with Crippen LogP contribution in [-0.2, 0) is 19.1 Å². The Morgan fingerprint density at radius 3 is 2.53 bits per heavy atom. The summed E-state index contributed by atoms with van der Waals surface area (Å²) in [5, 5.41) is 2.80. The first-order valence-electron chi connectivity index (χ1n) is 9.76. The van der Waals surface area contributed by atoms with Crippen LogP contribution in [-0.4, -0.2) is 36.0 Å². The van der Waals surface area contributed by atoms with Crippen LogP contribution < -0.4 is 15.0 Å². The third-order valence-electron chi connectivity index (χ3n) is 5.28. The summed E-state index contributed by atoms with van der Waals surface area (Å²) < 4.78 is 10.9. The monoisotopic (exact) mass is 410 g/mol. The summed E-state index contributed by atoms with van der Waals surface area (Å²) >= 11 is 0. The number of ether oxygens (including phenoxy) is 2. The molecule has 0 aromatic heterocycles. The molecule has 158 valence electrons. The van der Waals surface area contributed by atoms with E-state index >= 15 is 0 Å². The van der Waals surface area contributed by atoms with Gasteiger partial charge in [-0.3, -0.25) is 14.5 Å². The summed E-state index contributed by atoms with van der Waals surface area (Å²) in [5.41, 5.74) is 1.94. The van der Waals surface area contributed by atoms with Crippen LogP contribution in [0.15, 0.2) is 42.5 Å². The highest BCUT2D eigenvalue weighted by atomic mass is 16.6. The highest BCUT2D eigenvalue weighted by molar-refractivity contribution is 6.15. The number of benzene rings is 2. The Labute approximate surface area is 176 Å². The molecule has 1 atom stereocenters. The molecule has 7 heteroatoms. The van der Waals surface area contributed by atoms with E-state index in [1.165, 1.54) is 11.8 Å². The molecule has 2 aromatic rings. The first-order chi connectivity index (χ1) is 14.1. The Balaban J connectivity index is 1.71. The van der Waals surface area contributed by atoms with Crippen LogP contribution in [0, 0.1) is 13.8 Å². The van der Waals surface area contributed by atoms with Crippen LogP contribution in [0.5, 0.6) is 5.75 Å². The molecule has 2 amide bonds. The predicted molar refractivity (Wildman–Crippen MR) is 114 cm³/mol. The summed E-state index contributed by atoms with van der Waals surface area (Å²) in [4.78, 5) is 39.3. The van der Waals surface area contributed by atoms with Gasteiger partial charge in [0.25, 0.3) is 5.91 Å². The Hall–Kier alpha value is -3.35. The summed E-state index contributed by atoms with van der Waals surface area (Å²) in [6, 6.07) is 12.6. The van der Waals surface area contributed by atoms with Gasteiger partial charge in [-0.15, -0.1) is 0 Å². The molecule has 0 saturated heterocycles. The van der Waals surface area contributed by atoms with Crippen molar-refractivity contribution in [3.8, 4) is 5.75 Å². The summed E-state index contributed by atoms with van der Waals surface area (Å²) in [5.74, 6) is -0.869. The number of aryl methyl sites for hydroxylation is 1. The lowest BCUT2D eigenvalue weighted by Crippen LogP contribution is -2.60. The van der Waals surface area contributed by atoms with Gasteiger partial charge in [0.1, 0.15) is 11.3 Å². The molecule has 0 unspecified atom stereocenters. The third-order valence-corrected chi connectivity index (χ3v) is 5.28. The lowest BCUT2D eigenvalue weighted by molar-refractivity contribution is -0.156. The lowest BCUT2D eigenvalue weighted by atomic mass is 9.95. The minimum atomic E-state index is -1.14. The standard InChI is InChI=1S/C23H26N2O5/c1-14-9-8-12-19(15(14)2)29-13-20(26)30-16(3)21(27)25-18-11-7-6-10-17(18)24-22(28)23(25,4)5/h6-12,16H,13H2,1-5H3,(H,24,28)/t16-/m1/s1. The number of carbonyl (C=O) groups is 3. The van der Waals surface area contributed by atoms with Crippen molar-refractivity contribution in [1.29, 1.82) is 0 Å². The third kappa shape index (κ3) is 4.01. The van der Waals surface area contributed by atoms with Crippen molar-refractivity contribution < 1.29 is 23.9 Å². The molecule has 0 bridgehead atoms. The van der Waals surface area contributed by atoms with Crippen molar-refractivity contribution in [3.63, 3.8) is 0 Å².